The van der Waals surface area contributed by atoms with Crippen molar-refractivity contribution < 1.29 is 19.7 Å². The summed E-state index contributed by atoms with van der Waals surface area (Å²) < 4.78 is 5.21. The summed E-state index contributed by atoms with van der Waals surface area (Å²) in [7, 11) is 0. The number of hydrogen-bond donors (Lipinski definition) is 2. The van der Waals surface area contributed by atoms with E-state index in [0.29, 0.717) is 6.54 Å². The van der Waals surface area contributed by atoms with Gasteiger partial charge in [-0.15, -0.1) is 0 Å². The van der Waals surface area contributed by atoms with E-state index in [1.165, 1.54) is 27.2 Å². The van der Waals surface area contributed by atoms with E-state index in [1.54, 1.807) is 0 Å². The lowest BCUT2D eigenvalue weighted by atomic mass is 9.96. The normalized spacial score (nSPS) is 12.7. The van der Waals surface area contributed by atoms with Gasteiger partial charge in [-0.3, -0.25) is 0 Å². The summed E-state index contributed by atoms with van der Waals surface area (Å²) in [6, 6.07) is 16.3. The van der Waals surface area contributed by atoms with Crippen LogP contribution < -0.4 is 0 Å². The zero-order chi connectivity index (χ0) is 16.9. The molecule has 2 N–H and O–H groups in total. The van der Waals surface area contributed by atoms with Crippen LogP contribution in [0.2, 0.25) is 0 Å². The van der Waals surface area contributed by atoms with Crippen molar-refractivity contribution in [1.29, 1.82) is 0 Å². The van der Waals surface area contributed by atoms with Gasteiger partial charge >= 0.3 is 6.09 Å². The molecule has 2 aromatic rings. The second-order valence-electron chi connectivity index (χ2n) is 5.79. The van der Waals surface area contributed by atoms with E-state index in [2.05, 4.69) is 24.3 Å². The highest BCUT2D eigenvalue weighted by atomic mass is 16.5. The topological polar surface area (TPSA) is 70.0 Å². The Labute approximate surface area is 141 Å². The molecule has 24 heavy (non-hydrogen) atoms. The number of ether oxygens (including phenoxy) is 1. The lowest BCUT2D eigenvalue weighted by molar-refractivity contribution is 0.0707. The third-order valence-corrected chi connectivity index (χ3v) is 4.38. The van der Waals surface area contributed by atoms with Crippen molar-refractivity contribution in [3.63, 3.8) is 0 Å². The molecule has 126 valence electrons. The number of carboxylic acid groups (broad SMARTS) is 1. The molecule has 5 heteroatoms. The predicted molar refractivity (Wildman–Crippen MR) is 91.2 cm³/mol. The molecule has 0 bridgehead atoms. The molecule has 0 atom stereocenters. The monoisotopic (exact) mass is 327 g/mol. The molecule has 0 spiro atoms. The van der Waals surface area contributed by atoms with E-state index in [-0.39, 0.29) is 32.3 Å². The van der Waals surface area contributed by atoms with E-state index in [1.807, 2.05) is 24.3 Å². The van der Waals surface area contributed by atoms with Gasteiger partial charge in [0.2, 0.25) is 0 Å². The Morgan fingerprint density at radius 1 is 1.00 bits per heavy atom. The summed E-state index contributed by atoms with van der Waals surface area (Å²) in [5, 5.41) is 18.2. The Bertz CT molecular complexity index is 671. The smallest absolute Gasteiger partial charge is 0.407 e. The number of nitrogens with zero attached hydrogens (tertiary/aromatic N) is 1. The molecule has 1 aliphatic carbocycles. The van der Waals surface area contributed by atoms with Crippen LogP contribution in [0.15, 0.2) is 48.5 Å². The van der Waals surface area contributed by atoms with Gasteiger partial charge < -0.3 is 19.8 Å². The van der Waals surface area contributed by atoms with Gasteiger partial charge in [-0.25, -0.2) is 4.79 Å². The Kier molecular flexibility index (Phi) is 5.13. The van der Waals surface area contributed by atoms with Crippen LogP contribution in [0.3, 0.4) is 0 Å². The lowest BCUT2D eigenvalue weighted by Crippen LogP contribution is -2.36. The molecule has 1 aliphatic rings. The molecule has 0 unspecified atom stereocenters. The average Bonchev–Trinajstić information content (AvgIpc) is 2.92. The summed E-state index contributed by atoms with van der Waals surface area (Å²) in [5.74, 6) is 0.0336. The van der Waals surface area contributed by atoms with Gasteiger partial charge in [0.1, 0.15) is 0 Å². The third-order valence-electron chi connectivity index (χ3n) is 4.38. The number of fused-ring (bicyclic) bond motifs is 3. The molecule has 0 saturated carbocycles. The van der Waals surface area contributed by atoms with Gasteiger partial charge in [-0.05, 0) is 22.3 Å². The maximum absolute atomic E-state index is 11.6. The van der Waals surface area contributed by atoms with Crippen molar-refractivity contribution in [2.45, 2.75) is 5.92 Å². The van der Waals surface area contributed by atoms with Gasteiger partial charge in [0.15, 0.2) is 0 Å². The fourth-order valence-corrected chi connectivity index (χ4v) is 3.28. The molecule has 5 nitrogen and oxygen atoms in total. The van der Waals surface area contributed by atoms with Crippen molar-refractivity contribution in [2.24, 2.45) is 0 Å². The number of aliphatic hydroxyl groups excluding tert-OH is 1. The number of aliphatic hydroxyl groups is 1. The van der Waals surface area contributed by atoms with Crippen molar-refractivity contribution in [2.75, 3.05) is 32.9 Å². The van der Waals surface area contributed by atoms with E-state index >= 15 is 0 Å². The van der Waals surface area contributed by atoms with E-state index in [4.69, 9.17) is 9.84 Å². The summed E-state index contributed by atoms with van der Waals surface area (Å²) in [6.07, 6.45) is -0.954. The second kappa shape index (κ2) is 7.47. The molecule has 0 saturated heterocycles. The van der Waals surface area contributed by atoms with Crippen molar-refractivity contribution in [3.05, 3.63) is 59.7 Å². The van der Waals surface area contributed by atoms with E-state index < -0.39 is 6.09 Å². The summed E-state index contributed by atoms with van der Waals surface area (Å²) in [4.78, 5) is 13.0. The minimum Gasteiger partial charge on any atom is -0.465 e. The summed E-state index contributed by atoms with van der Waals surface area (Å²) in [6.45, 7) is 1.13. The van der Waals surface area contributed by atoms with E-state index in [0.717, 1.165) is 0 Å². The molecule has 0 aliphatic heterocycles. The van der Waals surface area contributed by atoms with Crippen LogP contribution >= 0.6 is 0 Å². The van der Waals surface area contributed by atoms with Gasteiger partial charge in [0.25, 0.3) is 0 Å². The van der Waals surface area contributed by atoms with Crippen molar-refractivity contribution in [1.82, 2.24) is 4.90 Å². The summed E-state index contributed by atoms with van der Waals surface area (Å²) in [5.41, 5.74) is 4.70. The Morgan fingerprint density at radius 3 is 2.12 bits per heavy atom. The summed E-state index contributed by atoms with van der Waals surface area (Å²) >= 11 is 0. The van der Waals surface area contributed by atoms with Crippen LogP contribution in [0, 0.1) is 0 Å². The molecule has 0 aromatic heterocycles. The zero-order valence-corrected chi connectivity index (χ0v) is 13.4. The quantitative estimate of drug-likeness (QED) is 0.767. The van der Waals surface area contributed by atoms with Crippen molar-refractivity contribution >= 4 is 6.09 Å². The van der Waals surface area contributed by atoms with Crippen LogP contribution in [0.1, 0.15) is 17.0 Å². The number of rotatable bonds is 7. The first-order valence-corrected chi connectivity index (χ1v) is 8.07. The average molecular weight is 327 g/mol. The molecule has 0 radical (unpaired) electrons. The standard InChI is InChI=1S/C19H21NO4/c21-10-12-24-11-9-20(19(22)23)13-18-16-7-3-1-5-14(16)15-6-2-4-8-17(15)18/h1-8,18,21H,9-13H2,(H,22,23). The Hall–Kier alpha value is -2.37. The van der Waals surface area contributed by atoms with Crippen LogP contribution in [0.5, 0.6) is 0 Å². The first-order chi connectivity index (χ1) is 11.7. The number of amides is 1. The second-order valence-corrected chi connectivity index (χ2v) is 5.79. The van der Waals surface area contributed by atoms with Crippen molar-refractivity contribution in [3.8, 4) is 11.1 Å². The maximum Gasteiger partial charge on any atom is 0.407 e. The number of carbonyl (C=O) groups is 1. The highest BCUT2D eigenvalue weighted by Crippen LogP contribution is 2.44. The molecule has 1 amide bonds. The SMILES string of the molecule is O=C(O)N(CCOCCO)CC1c2ccccc2-c2ccccc21. The molecular formula is C19H21NO4. The first-order valence-electron chi connectivity index (χ1n) is 8.07. The van der Waals surface area contributed by atoms with Crippen LogP contribution in [0.25, 0.3) is 11.1 Å². The van der Waals surface area contributed by atoms with E-state index in [9.17, 15) is 9.90 Å². The largest absolute Gasteiger partial charge is 0.465 e. The highest BCUT2D eigenvalue weighted by Gasteiger charge is 2.30. The van der Waals surface area contributed by atoms with Gasteiger partial charge in [0, 0.05) is 19.0 Å². The van der Waals surface area contributed by atoms with Crippen LogP contribution in [-0.4, -0.2) is 54.1 Å². The number of hydrogen-bond acceptors (Lipinski definition) is 3. The Balaban J connectivity index is 1.81. The Morgan fingerprint density at radius 2 is 1.58 bits per heavy atom. The van der Waals surface area contributed by atoms with Gasteiger partial charge in [-0.1, -0.05) is 48.5 Å². The zero-order valence-electron chi connectivity index (χ0n) is 13.4. The minimum atomic E-state index is -0.954. The molecule has 0 heterocycles. The third kappa shape index (κ3) is 3.27. The first kappa shape index (κ1) is 16.5. The molecular weight excluding hydrogens is 306 g/mol. The number of benzene rings is 2. The molecule has 3 rings (SSSR count). The fourth-order valence-electron chi connectivity index (χ4n) is 3.28. The lowest BCUT2D eigenvalue weighted by Gasteiger charge is -2.24. The predicted octanol–water partition coefficient (Wildman–Crippen LogP) is 2.79. The fraction of sp³-hybridized carbons (Fsp3) is 0.316. The van der Waals surface area contributed by atoms with Crippen LogP contribution in [-0.2, 0) is 4.74 Å². The minimum absolute atomic E-state index is 0.0336. The maximum atomic E-state index is 11.6. The highest BCUT2D eigenvalue weighted by molar-refractivity contribution is 5.79. The van der Waals surface area contributed by atoms with Crippen LogP contribution in [0.4, 0.5) is 4.79 Å². The molecule has 2 aromatic carbocycles. The molecule has 0 fully saturated rings. The van der Waals surface area contributed by atoms with Gasteiger partial charge in [-0.2, -0.15) is 0 Å². The van der Waals surface area contributed by atoms with Gasteiger partial charge in [0.05, 0.1) is 19.8 Å².